The van der Waals surface area contributed by atoms with E-state index in [1.165, 1.54) is 7.11 Å². The fourth-order valence-electron chi connectivity index (χ4n) is 1.67. The second-order valence-corrected chi connectivity index (χ2v) is 4.25. The minimum atomic E-state index is -0.410. The minimum absolute atomic E-state index is 0.0288. The Morgan fingerprint density at radius 2 is 2.11 bits per heavy atom. The Morgan fingerprint density at radius 1 is 1.39 bits per heavy atom. The number of anilines is 1. The molecule has 0 aromatic heterocycles. The first kappa shape index (κ1) is 14.2. The third-order valence-electron chi connectivity index (χ3n) is 2.72. The molecule has 4 nitrogen and oxygen atoms in total. The van der Waals surface area contributed by atoms with Crippen molar-refractivity contribution in [3.05, 3.63) is 29.8 Å². The third kappa shape index (κ3) is 3.87. The van der Waals surface area contributed by atoms with Crippen LogP contribution in [0.2, 0.25) is 0 Å². The van der Waals surface area contributed by atoms with Crippen LogP contribution < -0.4 is 5.32 Å². The lowest BCUT2D eigenvalue weighted by Gasteiger charge is -2.11. The predicted molar refractivity (Wildman–Crippen MR) is 70.5 cm³/mol. The molecule has 98 valence electrons. The number of methoxy groups -OCH3 is 1. The summed E-state index contributed by atoms with van der Waals surface area (Å²) in [7, 11) is 1.33. The molecule has 1 N–H and O–H groups in total. The lowest BCUT2D eigenvalue weighted by molar-refractivity contribution is -0.119. The van der Waals surface area contributed by atoms with Crippen LogP contribution in [0.15, 0.2) is 24.3 Å². The van der Waals surface area contributed by atoms with Gasteiger partial charge in [0.05, 0.1) is 12.7 Å². The van der Waals surface area contributed by atoms with Gasteiger partial charge >= 0.3 is 5.97 Å². The maximum atomic E-state index is 11.8. The Balaban J connectivity index is 2.73. The van der Waals surface area contributed by atoms with Crippen LogP contribution in [0, 0.1) is 5.92 Å². The molecular weight excluding hydrogens is 230 g/mol. The predicted octanol–water partition coefficient (Wildman–Crippen LogP) is 2.85. The van der Waals surface area contributed by atoms with E-state index in [1.54, 1.807) is 24.3 Å². The van der Waals surface area contributed by atoms with Crippen molar-refractivity contribution in [2.75, 3.05) is 12.4 Å². The van der Waals surface area contributed by atoms with E-state index in [9.17, 15) is 9.59 Å². The Labute approximate surface area is 107 Å². The highest BCUT2D eigenvalue weighted by Crippen LogP contribution is 2.14. The van der Waals surface area contributed by atoms with Gasteiger partial charge in [-0.1, -0.05) is 26.3 Å². The normalized spacial score (nSPS) is 11.7. The molecule has 0 saturated heterocycles. The minimum Gasteiger partial charge on any atom is -0.465 e. The average molecular weight is 249 g/mol. The van der Waals surface area contributed by atoms with Gasteiger partial charge < -0.3 is 10.1 Å². The van der Waals surface area contributed by atoms with Crippen molar-refractivity contribution in [3.63, 3.8) is 0 Å². The van der Waals surface area contributed by atoms with Crippen molar-refractivity contribution >= 4 is 17.6 Å². The molecule has 0 aliphatic carbocycles. The van der Waals surface area contributed by atoms with E-state index in [-0.39, 0.29) is 11.8 Å². The second kappa shape index (κ2) is 6.79. The van der Waals surface area contributed by atoms with Crippen molar-refractivity contribution in [3.8, 4) is 0 Å². The lowest BCUT2D eigenvalue weighted by Crippen LogP contribution is -2.20. The molecule has 1 aromatic carbocycles. The molecule has 1 amide bonds. The van der Waals surface area contributed by atoms with Gasteiger partial charge in [-0.15, -0.1) is 0 Å². The first-order valence-electron chi connectivity index (χ1n) is 6.07. The molecule has 18 heavy (non-hydrogen) atoms. The number of carbonyl (C=O) groups is 2. The zero-order valence-corrected chi connectivity index (χ0v) is 11.0. The molecule has 0 aliphatic heterocycles. The maximum absolute atomic E-state index is 11.8. The lowest BCUT2D eigenvalue weighted by atomic mass is 10.1. The number of nitrogens with one attached hydrogen (secondary N) is 1. The summed E-state index contributed by atoms with van der Waals surface area (Å²) in [6.07, 6.45) is 1.82. The molecule has 0 heterocycles. The first-order valence-corrected chi connectivity index (χ1v) is 6.07. The SMILES string of the molecule is CCCC(C)C(=O)Nc1cccc(C(=O)OC)c1. The van der Waals surface area contributed by atoms with E-state index in [0.29, 0.717) is 11.3 Å². The smallest absolute Gasteiger partial charge is 0.337 e. The number of hydrogen-bond donors (Lipinski definition) is 1. The standard InChI is InChI=1S/C14H19NO3/c1-4-6-10(2)13(16)15-12-8-5-7-11(9-12)14(17)18-3/h5,7-10H,4,6H2,1-3H3,(H,15,16). The van der Waals surface area contributed by atoms with Gasteiger partial charge in [-0.25, -0.2) is 4.79 Å². The van der Waals surface area contributed by atoms with Gasteiger partial charge in [0.2, 0.25) is 5.91 Å². The van der Waals surface area contributed by atoms with Crippen LogP contribution >= 0.6 is 0 Å². The van der Waals surface area contributed by atoms with Crippen molar-refractivity contribution in [2.45, 2.75) is 26.7 Å². The number of carbonyl (C=O) groups excluding carboxylic acids is 2. The number of amides is 1. The Kier molecular flexibility index (Phi) is 5.36. The van der Waals surface area contributed by atoms with E-state index in [4.69, 9.17) is 0 Å². The molecule has 1 atom stereocenters. The highest BCUT2D eigenvalue weighted by molar-refractivity contribution is 5.95. The number of benzene rings is 1. The van der Waals surface area contributed by atoms with Gasteiger partial charge in [0.15, 0.2) is 0 Å². The Bertz CT molecular complexity index is 429. The Hall–Kier alpha value is -1.84. The largest absolute Gasteiger partial charge is 0.465 e. The summed E-state index contributed by atoms with van der Waals surface area (Å²) < 4.78 is 4.63. The van der Waals surface area contributed by atoms with Crippen LogP contribution in [-0.2, 0) is 9.53 Å². The number of ether oxygens (including phenoxy) is 1. The number of rotatable bonds is 5. The molecular formula is C14H19NO3. The summed E-state index contributed by atoms with van der Waals surface area (Å²) in [6, 6.07) is 6.73. The molecule has 0 fully saturated rings. The molecule has 1 unspecified atom stereocenters. The fraction of sp³-hybridized carbons (Fsp3) is 0.429. The van der Waals surface area contributed by atoms with Gasteiger partial charge in [-0.2, -0.15) is 0 Å². The molecule has 0 aliphatic rings. The summed E-state index contributed by atoms with van der Waals surface area (Å²) in [6.45, 7) is 3.94. The molecule has 1 rings (SSSR count). The monoisotopic (exact) mass is 249 g/mol. The molecule has 0 radical (unpaired) electrons. The molecule has 0 saturated carbocycles. The van der Waals surface area contributed by atoms with Crippen LogP contribution in [0.3, 0.4) is 0 Å². The average Bonchev–Trinajstić information content (AvgIpc) is 2.38. The van der Waals surface area contributed by atoms with Crippen molar-refractivity contribution in [1.82, 2.24) is 0 Å². The highest BCUT2D eigenvalue weighted by Gasteiger charge is 2.12. The summed E-state index contributed by atoms with van der Waals surface area (Å²) in [5, 5.41) is 2.80. The van der Waals surface area contributed by atoms with Gasteiger partial charge in [-0.05, 0) is 24.6 Å². The first-order chi connectivity index (χ1) is 8.58. The van der Waals surface area contributed by atoms with Crippen LogP contribution in [0.4, 0.5) is 5.69 Å². The van der Waals surface area contributed by atoms with Crippen molar-refractivity contribution in [1.29, 1.82) is 0 Å². The van der Waals surface area contributed by atoms with Gasteiger partial charge in [0.1, 0.15) is 0 Å². The van der Waals surface area contributed by atoms with Crippen LogP contribution in [-0.4, -0.2) is 19.0 Å². The molecule has 4 heteroatoms. The topological polar surface area (TPSA) is 55.4 Å². The van der Waals surface area contributed by atoms with Crippen molar-refractivity contribution < 1.29 is 14.3 Å². The number of hydrogen-bond acceptors (Lipinski definition) is 3. The fourth-order valence-corrected chi connectivity index (χ4v) is 1.67. The van der Waals surface area contributed by atoms with Gasteiger partial charge in [0.25, 0.3) is 0 Å². The highest BCUT2D eigenvalue weighted by atomic mass is 16.5. The molecule has 0 spiro atoms. The van der Waals surface area contributed by atoms with Crippen LogP contribution in [0.5, 0.6) is 0 Å². The van der Waals surface area contributed by atoms with E-state index in [2.05, 4.69) is 10.1 Å². The number of esters is 1. The van der Waals surface area contributed by atoms with Crippen molar-refractivity contribution in [2.24, 2.45) is 5.92 Å². The third-order valence-corrected chi connectivity index (χ3v) is 2.72. The second-order valence-electron chi connectivity index (χ2n) is 4.25. The van der Waals surface area contributed by atoms with E-state index in [1.807, 2.05) is 13.8 Å². The maximum Gasteiger partial charge on any atom is 0.337 e. The van der Waals surface area contributed by atoms with E-state index >= 15 is 0 Å². The Morgan fingerprint density at radius 3 is 2.72 bits per heavy atom. The summed E-state index contributed by atoms with van der Waals surface area (Å²) >= 11 is 0. The van der Waals surface area contributed by atoms with E-state index in [0.717, 1.165) is 12.8 Å². The van der Waals surface area contributed by atoms with Crippen LogP contribution in [0.1, 0.15) is 37.0 Å². The van der Waals surface area contributed by atoms with Gasteiger partial charge in [-0.3, -0.25) is 4.79 Å². The van der Waals surface area contributed by atoms with E-state index < -0.39 is 5.97 Å². The zero-order chi connectivity index (χ0) is 13.5. The van der Waals surface area contributed by atoms with Gasteiger partial charge in [0, 0.05) is 11.6 Å². The molecule has 1 aromatic rings. The summed E-state index contributed by atoms with van der Waals surface area (Å²) in [5.74, 6) is -0.469. The summed E-state index contributed by atoms with van der Waals surface area (Å²) in [5.41, 5.74) is 1.05. The summed E-state index contributed by atoms with van der Waals surface area (Å²) in [4.78, 5) is 23.2. The van der Waals surface area contributed by atoms with Crippen LogP contribution in [0.25, 0.3) is 0 Å². The molecule has 0 bridgehead atoms. The quantitative estimate of drug-likeness (QED) is 0.816. The zero-order valence-electron chi connectivity index (χ0n) is 11.0.